The number of benzene rings is 2. The van der Waals surface area contributed by atoms with E-state index in [1.165, 1.54) is 61.7 Å². The Hall–Kier alpha value is -3.13. The van der Waals surface area contributed by atoms with Crippen molar-refractivity contribution in [3.8, 4) is 5.75 Å². The van der Waals surface area contributed by atoms with E-state index in [-0.39, 0.29) is 30.3 Å². The number of anilines is 1. The second-order valence-electron chi connectivity index (χ2n) is 10.2. The molecule has 8 heteroatoms. The second-order valence-corrected chi connectivity index (χ2v) is 11.2. The van der Waals surface area contributed by atoms with Crippen molar-refractivity contribution in [2.75, 3.05) is 11.9 Å². The second kappa shape index (κ2) is 12.6. The SMILES string of the molecule is O=C(COc1ccc(C=C2SC(=NC3CCCCC3)N(C3CCCCC3)C2=O)cc1)Nc1ccc(F)cc1. The van der Waals surface area contributed by atoms with E-state index in [0.29, 0.717) is 22.4 Å². The van der Waals surface area contributed by atoms with Crippen LogP contribution < -0.4 is 10.1 Å². The van der Waals surface area contributed by atoms with E-state index in [1.54, 1.807) is 12.1 Å². The molecule has 0 bridgehead atoms. The number of carbonyl (C=O) groups is 2. The van der Waals surface area contributed by atoms with Crippen molar-refractivity contribution in [3.05, 3.63) is 64.8 Å². The highest BCUT2D eigenvalue weighted by Crippen LogP contribution is 2.38. The van der Waals surface area contributed by atoms with Gasteiger partial charge in [0.15, 0.2) is 11.8 Å². The van der Waals surface area contributed by atoms with Crippen molar-refractivity contribution in [2.45, 2.75) is 76.3 Å². The molecule has 1 saturated heterocycles. The Morgan fingerprint density at radius 1 is 0.974 bits per heavy atom. The maximum absolute atomic E-state index is 13.5. The lowest BCUT2D eigenvalue weighted by molar-refractivity contribution is -0.124. The van der Waals surface area contributed by atoms with Gasteiger partial charge in [0.25, 0.3) is 11.8 Å². The van der Waals surface area contributed by atoms with E-state index in [0.717, 1.165) is 49.3 Å². The topological polar surface area (TPSA) is 71.0 Å². The molecule has 0 spiro atoms. The molecule has 0 radical (unpaired) electrons. The third-order valence-electron chi connectivity index (χ3n) is 7.32. The number of ether oxygens (including phenoxy) is 1. The predicted octanol–water partition coefficient (Wildman–Crippen LogP) is 6.78. The molecule has 3 aliphatic rings. The van der Waals surface area contributed by atoms with Gasteiger partial charge in [-0.15, -0.1) is 0 Å². The van der Waals surface area contributed by atoms with Crippen molar-refractivity contribution >= 4 is 40.5 Å². The van der Waals surface area contributed by atoms with Crippen molar-refractivity contribution in [3.63, 3.8) is 0 Å². The van der Waals surface area contributed by atoms with Crippen LogP contribution >= 0.6 is 11.8 Å². The first-order valence-electron chi connectivity index (χ1n) is 13.6. The van der Waals surface area contributed by atoms with Gasteiger partial charge in [0.2, 0.25) is 0 Å². The van der Waals surface area contributed by atoms with Gasteiger partial charge >= 0.3 is 0 Å². The van der Waals surface area contributed by atoms with Gasteiger partial charge in [-0.3, -0.25) is 19.5 Å². The fourth-order valence-corrected chi connectivity index (χ4v) is 6.40. The Morgan fingerprint density at radius 3 is 2.32 bits per heavy atom. The van der Waals surface area contributed by atoms with Crippen LogP contribution in [0.15, 0.2) is 58.4 Å². The third-order valence-corrected chi connectivity index (χ3v) is 8.32. The molecule has 1 heterocycles. The number of amidine groups is 1. The molecular formula is C30H34FN3O3S. The number of amides is 2. The average Bonchev–Trinajstić information content (AvgIpc) is 3.24. The summed E-state index contributed by atoms with van der Waals surface area (Å²) < 4.78 is 18.6. The normalized spacial score (nSPS) is 21.3. The van der Waals surface area contributed by atoms with Gasteiger partial charge in [-0.25, -0.2) is 4.39 Å². The number of halogens is 1. The first kappa shape index (κ1) is 26.5. The number of thioether (sulfide) groups is 1. The van der Waals surface area contributed by atoms with Gasteiger partial charge in [-0.05, 0) is 85.5 Å². The van der Waals surface area contributed by atoms with Crippen molar-refractivity contribution < 1.29 is 18.7 Å². The molecule has 0 atom stereocenters. The Kier molecular flexibility index (Phi) is 8.79. The number of aliphatic imine (C=N–C) groups is 1. The summed E-state index contributed by atoms with van der Waals surface area (Å²) >= 11 is 1.51. The van der Waals surface area contributed by atoms with Crippen molar-refractivity contribution in [1.82, 2.24) is 4.90 Å². The average molecular weight is 536 g/mol. The monoisotopic (exact) mass is 535 g/mol. The highest BCUT2D eigenvalue weighted by Gasteiger charge is 2.39. The maximum atomic E-state index is 13.5. The smallest absolute Gasteiger partial charge is 0.266 e. The van der Waals surface area contributed by atoms with E-state index in [1.807, 2.05) is 23.1 Å². The van der Waals surface area contributed by atoms with Crippen LogP contribution in [0.1, 0.15) is 69.8 Å². The number of nitrogens with zero attached hydrogens (tertiary/aromatic N) is 2. The number of nitrogens with one attached hydrogen (secondary N) is 1. The van der Waals surface area contributed by atoms with E-state index in [2.05, 4.69) is 5.32 Å². The minimum absolute atomic E-state index is 0.0641. The minimum Gasteiger partial charge on any atom is -0.484 e. The lowest BCUT2D eigenvalue weighted by atomic mass is 9.94. The zero-order valence-electron chi connectivity index (χ0n) is 21.5. The Morgan fingerprint density at radius 2 is 1.63 bits per heavy atom. The van der Waals surface area contributed by atoms with Crippen LogP contribution in [0.2, 0.25) is 0 Å². The van der Waals surface area contributed by atoms with Crippen LogP contribution in [0.3, 0.4) is 0 Å². The summed E-state index contributed by atoms with van der Waals surface area (Å²) in [4.78, 5) is 33.5. The van der Waals surface area contributed by atoms with Crippen molar-refractivity contribution in [2.24, 2.45) is 4.99 Å². The molecule has 2 aromatic carbocycles. The minimum atomic E-state index is -0.360. The summed E-state index contributed by atoms with van der Waals surface area (Å²) in [6.45, 7) is -0.163. The maximum Gasteiger partial charge on any atom is 0.266 e. The number of rotatable bonds is 7. The summed E-state index contributed by atoms with van der Waals surface area (Å²) in [6, 6.07) is 13.5. The quantitative estimate of drug-likeness (QED) is 0.397. The predicted molar refractivity (Wildman–Crippen MR) is 151 cm³/mol. The van der Waals surface area contributed by atoms with E-state index in [9.17, 15) is 14.0 Å². The third kappa shape index (κ3) is 6.84. The number of carbonyl (C=O) groups excluding carboxylic acids is 2. The lowest BCUT2D eigenvalue weighted by Crippen LogP contribution is -2.41. The standard InChI is InChI=1S/C30H34FN3O3S/c31-22-13-15-24(16-14-22)32-28(35)20-37-26-17-11-21(12-18-26)19-27-29(36)34(25-9-5-2-6-10-25)30(38-27)33-23-7-3-1-4-8-23/h11-19,23,25H,1-10,20H2,(H,32,35). The molecule has 0 aromatic heterocycles. The van der Waals surface area contributed by atoms with Gasteiger partial charge in [0.1, 0.15) is 11.6 Å². The highest BCUT2D eigenvalue weighted by molar-refractivity contribution is 8.18. The molecule has 1 aliphatic heterocycles. The van der Waals surface area contributed by atoms with E-state index >= 15 is 0 Å². The van der Waals surface area contributed by atoms with Gasteiger partial charge in [0, 0.05) is 11.7 Å². The molecule has 2 aromatic rings. The van der Waals surface area contributed by atoms with Crippen LogP contribution in [-0.4, -0.2) is 40.6 Å². The van der Waals surface area contributed by atoms with E-state index < -0.39 is 0 Å². The van der Waals surface area contributed by atoms with Crippen LogP contribution in [0.25, 0.3) is 6.08 Å². The van der Waals surface area contributed by atoms with Gasteiger partial charge in [-0.2, -0.15) is 0 Å². The van der Waals surface area contributed by atoms with Gasteiger partial charge in [-0.1, -0.05) is 50.7 Å². The molecule has 0 unspecified atom stereocenters. The Labute approximate surface area is 227 Å². The molecular weight excluding hydrogens is 501 g/mol. The summed E-state index contributed by atoms with van der Waals surface area (Å²) in [6.07, 6.45) is 13.5. The fraction of sp³-hybridized carbons (Fsp3) is 0.433. The summed E-state index contributed by atoms with van der Waals surface area (Å²) in [5, 5.41) is 3.55. The first-order chi connectivity index (χ1) is 18.5. The molecule has 38 heavy (non-hydrogen) atoms. The number of hydrogen-bond acceptors (Lipinski definition) is 5. The molecule has 2 amide bonds. The van der Waals surface area contributed by atoms with E-state index in [4.69, 9.17) is 9.73 Å². The van der Waals surface area contributed by atoms with Gasteiger partial charge < -0.3 is 10.1 Å². The summed E-state index contributed by atoms with van der Waals surface area (Å²) in [5.41, 5.74) is 1.40. The highest BCUT2D eigenvalue weighted by atomic mass is 32.2. The molecule has 6 nitrogen and oxygen atoms in total. The van der Waals surface area contributed by atoms with Crippen LogP contribution in [-0.2, 0) is 9.59 Å². The van der Waals surface area contributed by atoms with Crippen LogP contribution in [0.4, 0.5) is 10.1 Å². The zero-order chi connectivity index (χ0) is 26.3. The van der Waals surface area contributed by atoms with Crippen LogP contribution in [0, 0.1) is 5.82 Å². The lowest BCUT2D eigenvalue weighted by Gasteiger charge is -2.31. The summed E-state index contributed by atoms with van der Waals surface area (Å²) in [5.74, 6) is -0.0748. The number of hydrogen-bond donors (Lipinski definition) is 1. The first-order valence-corrected chi connectivity index (χ1v) is 14.5. The molecule has 200 valence electrons. The molecule has 5 rings (SSSR count). The van der Waals surface area contributed by atoms with Gasteiger partial charge in [0.05, 0.1) is 10.9 Å². The molecule has 2 aliphatic carbocycles. The van der Waals surface area contributed by atoms with Crippen LogP contribution in [0.5, 0.6) is 5.75 Å². The van der Waals surface area contributed by atoms with Crippen molar-refractivity contribution in [1.29, 1.82) is 0 Å². The fourth-order valence-electron chi connectivity index (χ4n) is 5.29. The zero-order valence-corrected chi connectivity index (χ0v) is 22.4. The largest absolute Gasteiger partial charge is 0.484 e. The summed E-state index contributed by atoms with van der Waals surface area (Å²) in [7, 11) is 0. The molecule has 2 saturated carbocycles. The Balaban J connectivity index is 1.23. The Bertz CT molecular complexity index is 1180. The molecule has 1 N–H and O–H groups in total. The molecule has 3 fully saturated rings.